The average molecular weight is 277 g/mol. The third-order valence-corrected chi connectivity index (χ3v) is 3.13. The molecule has 0 aliphatic heterocycles. The molecule has 15 heavy (non-hydrogen) atoms. The summed E-state index contributed by atoms with van der Waals surface area (Å²) in [7, 11) is 0. The molecule has 0 bridgehead atoms. The number of halogens is 3. The quantitative estimate of drug-likeness (QED) is 0.844. The lowest BCUT2D eigenvalue weighted by Gasteiger charge is -2.12. The van der Waals surface area contributed by atoms with E-state index < -0.39 is 23.0 Å². The molecule has 0 heterocycles. The molecule has 0 aromatic heterocycles. The van der Waals surface area contributed by atoms with Gasteiger partial charge in [0, 0.05) is 10.0 Å². The second-order valence-corrected chi connectivity index (χ2v) is 4.55. The predicted octanol–water partition coefficient (Wildman–Crippen LogP) is 2.84. The van der Waals surface area contributed by atoms with E-state index >= 15 is 0 Å². The maximum atomic E-state index is 13.4. The van der Waals surface area contributed by atoms with Gasteiger partial charge in [0.2, 0.25) is 0 Å². The van der Waals surface area contributed by atoms with Crippen LogP contribution in [-0.4, -0.2) is 11.1 Å². The Morgan fingerprint density at radius 2 is 2.00 bits per heavy atom. The van der Waals surface area contributed by atoms with Crippen LogP contribution in [0, 0.1) is 11.6 Å². The van der Waals surface area contributed by atoms with Gasteiger partial charge in [0.25, 0.3) is 0 Å². The molecule has 1 aromatic carbocycles. The van der Waals surface area contributed by atoms with E-state index in [-0.39, 0.29) is 5.56 Å². The molecule has 0 radical (unpaired) electrons. The first kappa shape index (κ1) is 10.5. The summed E-state index contributed by atoms with van der Waals surface area (Å²) < 4.78 is 26.8. The van der Waals surface area contributed by atoms with Gasteiger partial charge < -0.3 is 5.11 Å². The van der Waals surface area contributed by atoms with Gasteiger partial charge in [0.05, 0.1) is 5.41 Å². The van der Waals surface area contributed by atoms with Crippen molar-refractivity contribution in [3.8, 4) is 0 Å². The summed E-state index contributed by atoms with van der Waals surface area (Å²) in [6, 6.07) is 2.32. The molecular weight excluding hydrogens is 270 g/mol. The van der Waals surface area contributed by atoms with Crippen LogP contribution in [-0.2, 0) is 10.2 Å². The number of hydrogen-bond acceptors (Lipinski definition) is 1. The lowest BCUT2D eigenvalue weighted by atomic mass is 9.95. The van der Waals surface area contributed by atoms with Crippen molar-refractivity contribution < 1.29 is 18.7 Å². The van der Waals surface area contributed by atoms with Gasteiger partial charge in [-0.1, -0.05) is 15.9 Å². The smallest absolute Gasteiger partial charge is 0.314 e. The van der Waals surface area contributed by atoms with Crippen molar-refractivity contribution in [2.24, 2.45) is 0 Å². The van der Waals surface area contributed by atoms with Crippen molar-refractivity contribution in [1.29, 1.82) is 0 Å². The maximum Gasteiger partial charge on any atom is 0.314 e. The minimum absolute atomic E-state index is 0.0677. The van der Waals surface area contributed by atoms with Crippen molar-refractivity contribution in [1.82, 2.24) is 0 Å². The number of rotatable bonds is 2. The van der Waals surface area contributed by atoms with Crippen molar-refractivity contribution in [2.45, 2.75) is 18.3 Å². The molecule has 1 aromatic rings. The van der Waals surface area contributed by atoms with Crippen LogP contribution in [0.3, 0.4) is 0 Å². The highest BCUT2D eigenvalue weighted by atomic mass is 79.9. The Morgan fingerprint density at radius 3 is 2.47 bits per heavy atom. The first-order chi connectivity index (χ1) is 6.97. The fourth-order valence-corrected chi connectivity index (χ4v) is 2.06. The summed E-state index contributed by atoms with van der Waals surface area (Å²) in [6.45, 7) is 0. The predicted molar refractivity (Wildman–Crippen MR) is 52.6 cm³/mol. The molecule has 1 saturated carbocycles. The van der Waals surface area contributed by atoms with Crippen LogP contribution in [0.5, 0.6) is 0 Å². The molecule has 1 aliphatic rings. The molecule has 5 heteroatoms. The van der Waals surface area contributed by atoms with E-state index in [9.17, 15) is 13.6 Å². The number of aliphatic carboxylic acids is 1. The molecule has 1 N–H and O–H groups in total. The van der Waals surface area contributed by atoms with Gasteiger partial charge >= 0.3 is 5.97 Å². The SMILES string of the molecule is O=C(O)C1(c2cc(Br)cc(F)c2F)CC1. The molecule has 0 atom stereocenters. The van der Waals surface area contributed by atoms with Gasteiger partial charge in [0.1, 0.15) is 0 Å². The van der Waals surface area contributed by atoms with Gasteiger partial charge in [-0.2, -0.15) is 0 Å². The zero-order valence-electron chi connectivity index (χ0n) is 7.56. The van der Waals surface area contributed by atoms with Gasteiger partial charge in [-0.25, -0.2) is 8.78 Å². The van der Waals surface area contributed by atoms with Gasteiger partial charge in [0.15, 0.2) is 11.6 Å². The number of carbonyl (C=O) groups is 1. The minimum atomic E-state index is -1.21. The highest BCUT2D eigenvalue weighted by molar-refractivity contribution is 9.10. The molecule has 0 amide bonds. The molecule has 2 nitrogen and oxygen atoms in total. The second kappa shape index (κ2) is 3.27. The summed E-state index contributed by atoms with van der Waals surface area (Å²) in [5.41, 5.74) is -1.28. The standard InChI is InChI=1S/C10H7BrF2O2/c11-5-3-6(8(13)7(12)4-5)10(1-2-10)9(14)15/h3-4H,1-2H2,(H,14,15). The van der Waals surface area contributed by atoms with Gasteiger partial charge in [-0.05, 0) is 25.0 Å². The van der Waals surface area contributed by atoms with Gasteiger partial charge in [-0.3, -0.25) is 4.79 Å². The van der Waals surface area contributed by atoms with Crippen molar-refractivity contribution in [2.75, 3.05) is 0 Å². The van der Waals surface area contributed by atoms with E-state index in [0.29, 0.717) is 17.3 Å². The fraction of sp³-hybridized carbons (Fsp3) is 0.300. The molecule has 1 fully saturated rings. The Morgan fingerprint density at radius 1 is 1.40 bits per heavy atom. The third-order valence-electron chi connectivity index (χ3n) is 2.67. The summed E-state index contributed by atoms with van der Waals surface area (Å²) in [6.07, 6.45) is 0.713. The molecule has 0 saturated heterocycles. The van der Waals surface area contributed by atoms with Crippen LogP contribution in [0.1, 0.15) is 18.4 Å². The van der Waals surface area contributed by atoms with Crippen molar-refractivity contribution >= 4 is 21.9 Å². The Hall–Kier alpha value is -0.970. The second-order valence-electron chi connectivity index (χ2n) is 3.64. The largest absolute Gasteiger partial charge is 0.481 e. The highest BCUT2D eigenvalue weighted by Gasteiger charge is 2.53. The average Bonchev–Trinajstić information content (AvgIpc) is 2.91. The Kier molecular flexibility index (Phi) is 2.30. The first-order valence-corrected chi connectivity index (χ1v) is 5.15. The first-order valence-electron chi connectivity index (χ1n) is 4.36. The van der Waals surface area contributed by atoms with Crippen LogP contribution in [0.25, 0.3) is 0 Å². The third kappa shape index (κ3) is 1.55. The van der Waals surface area contributed by atoms with E-state index in [0.717, 1.165) is 6.07 Å². The van der Waals surface area contributed by atoms with Crippen molar-refractivity contribution in [3.05, 3.63) is 33.8 Å². The highest BCUT2D eigenvalue weighted by Crippen LogP contribution is 2.50. The summed E-state index contributed by atoms with van der Waals surface area (Å²) in [4.78, 5) is 11.0. The number of benzene rings is 1. The van der Waals surface area contributed by atoms with E-state index in [1.54, 1.807) is 0 Å². The number of carboxylic acids is 1. The number of carboxylic acid groups (broad SMARTS) is 1. The lowest BCUT2D eigenvalue weighted by Crippen LogP contribution is -2.21. The lowest BCUT2D eigenvalue weighted by molar-refractivity contribution is -0.140. The minimum Gasteiger partial charge on any atom is -0.481 e. The molecular formula is C10H7BrF2O2. The van der Waals surface area contributed by atoms with Crippen LogP contribution in [0.4, 0.5) is 8.78 Å². The Balaban J connectivity index is 2.58. The summed E-state index contributed by atoms with van der Waals surface area (Å²) in [5.74, 6) is -3.18. The van der Waals surface area contributed by atoms with Crippen LogP contribution >= 0.6 is 15.9 Å². The van der Waals surface area contributed by atoms with E-state index in [1.165, 1.54) is 6.07 Å². The van der Waals surface area contributed by atoms with E-state index in [1.807, 2.05) is 0 Å². The molecule has 0 spiro atoms. The Bertz CT molecular complexity index is 441. The van der Waals surface area contributed by atoms with Crippen LogP contribution in [0.2, 0.25) is 0 Å². The molecule has 80 valence electrons. The zero-order valence-corrected chi connectivity index (χ0v) is 9.14. The monoisotopic (exact) mass is 276 g/mol. The summed E-state index contributed by atoms with van der Waals surface area (Å²) in [5, 5.41) is 8.96. The molecule has 2 rings (SSSR count). The zero-order chi connectivity index (χ0) is 11.2. The van der Waals surface area contributed by atoms with Gasteiger partial charge in [-0.15, -0.1) is 0 Å². The van der Waals surface area contributed by atoms with Crippen molar-refractivity contribution in [3.63, 3.8) is 0 Å². The molecule has 1 aliphatic carbocycles. The maximum absolute atomic E-state index is 13.4. The summed E-state index contributed by atoms with van der Waals surface area (Å²) >= 11 is 3.02. The van der Waals surface area contributed by atoms with E-state index in [2.05, 4.69) is 15.9 Å². The van der Waals surface area contributed by atoms with E-state index in [4.69, 9.17) is 5.11 Å². The van der Waals surface area contributed by atoms with Crippen LogP contribution in [0.15, 0.2) is 16.6 Å². The molecule has 0 unspecified atom stereocenters. The fourth-order valence-electron chi connectivity index (χ4n) is 1.63. The normalized spacial score (nSPS) is 17.5. The number of hydrogen-bond donors (Lipinski definition) is 1. The topological polar surface area (TPSA) is 37.3 Å². The van der Waals surface area contributed by atoms with Crippen LogP contribution < -0.4 is 0 Å². The Labute approximate surface area is 93.0 Å².